The molecule has 3 amide bonds. The molecule has 7 heteroatoms. The SMILES string of the molecule is C#Cc1ccccc1C(C(=O)NC1CCCCC1)N(CCCCCCCC)C(=O)C(NC(=O)OC(C)(C)C)C(C)CC. The number of unbranched alkanes of at least 4 members (excludes halogenated alkanes) is 5. The van der Waals surface area contributed by atoms with Gasteiger partial charge in [-0.3, -0.25) is 9.59 Å². The Labute approximate surface area is 254 Å². The zero-order chi connectivity index (χ0) is 31.1. The summed E-state index contributed by atoms with van der Waals surface area (Å²) in [5, 5.41) is 6.12. The van der Waals surface area contributed by atoms with Crippen molar-refractivity contribution in [1.29, 1.82) is 0 Å². The van der Waals surface area contributed by atoms with E-state index < -0.39 is 23.8 Å². The van der Waals surface area contributed by atoms with Gasteiger partial charge in [-0.05, 0) is 57.6 Å². The van der Waals surface area contributed by atoms with Gasteiger partial charge in [-0.25, -0.2) is 4.79 Å². The standard InChI is InChI=1S/C35H55N3O4/c1-8-11-12-13-14-20-25-38(33(40)30(26(4)9-2)37-34(41)42-35(5,6)7)31(29-24-19-18-21-27(29)10-3)32(39)36-28-22-16-15-17-23-28/h3,18-19,21,24,26,28,30-31H,8-9,11-17,20,22-23,25H2,1-2,4-7H3,(H,36,39)(H,37,41). The van der Waals surface area contributed by atoms with Gasteiger partial charge in [0.05, 0.1) is 0 Å². The number of alkyl carbamates (subject to hydrolysis) is 1. The number of hydrogen-bond donors (Lipinski definition) is 2. The van der Waals surface area contributed by atoms with E-state index in [4.69, 9.17) is 11.2 Å². The molecule has 1 aromatic carbocycles. The van der Waals surface area contributed by atoms with Crippen LogP contribution in [-0.4, -0.2) is 47.0 Å². The highest BCUT2D eigenvalue weighted by atomic mass is 16.6. The van der Waals surface area contributed by atoms with E-state index in [0.717, 1.165) is 57.8 Å². The third-order valence-electron chi connectivity index (χ3n) is 8.11. The van der Waals surface area contributed by atoms with E-state index in [1.165, 1.54) is 12.8 Å². The number of carbonyl (C=O) groups is 3. The molecule has 0 spiro atoms. The molecule has 0 saturated heterocycles. The van der Waals surface area contributed by atoms with E-state index in [9.17, 15) is 14.4 Å². The van der Waals surface area contributed by atoms with Crippen LogP contribution in [0.25, 0.3) is 0 Å². The van der Waals surface area contributed by atoms with Crippen LogP contribution < -0.4 is 10.6 Å². The third-order valence-corrected chi connectivity index (χ3v) is 8.11. The molecule has 0 bridgehead atoms. The van der Waals surface area contributed by atoms with Gasteiger partial charge < -0.3 is 20.3 Å². The number of terminal acetylenes is 1. The molecule has 1 fully saturated rings. The van der Waals surface area contributed by atoms with Crippen molar-refractivity contribution in [2.24, 2.45) is 5.92 Å². The van der Waals surface area contributed by atoms with Gasteiger partial charge in [-0.1, -0.05) is 103 Å². The molecule has 1 saturated carbocycles. The fraction of sp³-hybridized carbons (Fsp3) is 0.686. The van der Waals surface area contributed by atoms with Gasteiger partial charge in [0.1, 0.15) is 17.7 Å². The molecular formula is C35H55N3O4. The predicted octanol–water partition coefficient (Wildman–Crippen LogP) is 7.29. The number of ether oxygens (including phenoxy) is 1. The number of nitrogens with one attached hydrogen (secondary N) is 2. The largest absolute Gasteiger partial charge is 0.444 e. The van der Waals surface area contributed by atoms with Crippen molar-refractivity contribution in [2.45, 2.75) is 142 Å². The summed E-state index contributed by atoms with van der Waals surface area (Å²) in [4.78, 5) is 43.3. The average molecular weight is 582 g/mol. The first-order valence-corrected chi connectivity index (χ1v) is 16.2. The minimum absolute atomic E-state index is 0.0722. The van der Waals surface area contributed by atoms with Crippen LogP contribution in [0, 0.1) is 18.3 Å². The maximum atomic E-state index is 14.5. The first kappa shape index (κ1) is 35.2. The molecule has 42 heavy (non-hydrogen) atoms. The third kappa shape index (κ3) is 11.3. The summed E-state index contributed by atoms with van der Waals surface area (Å²) in [6.07, 6.45) is 17.4. The normalized spacial score (nSPS) is 16.0. The Kier molecular flexibility index (Phi) is 14.9. The highest BCUT2D eigenvalue weighted by molar-refractivity contribution is 5.92. The topological polar surface area (TPSA) is 87.7 Å². The molecule has 0 heterocycles. The summed E-state index contributed by atoms with van der Waals surface area (Å²) in [6, 6.07) is 5.68. The first-order valence-electron chi connectivity index (χ1n) is 16.2. The molecular weight excluding hydrogens is 526 g/mol. The van der Waals surface area contributed by atoms with E-state index in [-0.39, 0.29) is 23.8 Å². The Morgan fingerprint density at radius 3 is 2.29 bits per heavy atom. The zero-order valence-electron chi connectivity index (χ0n) is 27.0. The second-order valence-corrected chi connectivity index (χ2v) is 12.8. The van der Waals surface area contributed by atoms with Crippen LogP contribution in [0.5, 0.6) is 0 Å². The lowest BCUT2D eigenvalue weighted by molar-refractivity contribution is -0.144. The van der Waals surface area contributed by atoms with Crippen LogP contribution in [0.2, 0.25) is 0 Å². The average Bonchev–Trinajstić information content (AvgIpc) is 2.96. The molecule has 3 atom stereocenters. The van der Waals surface area contributed by atoms with Gasteiger partial charge in [0.15, 0.2) is 0 Å². The Bertz CT molecular complexity index is 1040. The van der Waals surface area contributed by atoms with Crippen LogP contribution in [0.3, 0.4) is 0 Å². The molecule has 2 rings (SSSR count). The Balaban J connectivity index is 2.51. The fourth-order valence-electron chi connectivity index (χ4n) is 5.57. The predicted molar refractivity (Wildman–Crippen MR) is 170 cm³/mol. The minimum Gasteiger partial charge on any atom is -0.444 e. The fourth-order valence-corrected chi connectivity index (χ4v) is 5.57. The molecule has 1 aliphatic carbocycles. The maximum absolute atomic E-state index is 14.5. The van der Waals surface area contributed by atoms with E-state index in [1.54, 1.807) is 25.7 Å². The molecule has 0 aromatic heterocycles. The molecule has 3 unspecified atom stereocenters. The quantitative estimate of drug-likeness (QED) is 0.168. The monoisotopic (exact) mass is 581 g/mol. The molecule has 2 N–H and O–H groups in total. The summed E-state index contributed by atoms with van der Waals surface area (Å²) in [7, 11) is 0. The van der Waals surface area contributed by atoms with Gasteiger partial charge in [-0.2, -0.15) is 0 Å². The summed E-state index contributed by atoms with van der Waals surface area (Å²) < 4.78 is 5.53. The highest BCUT2D eigenvalue weighted by Gasteiger charge is 2.39. The smallest absolute Gasteiger partial charge is 0.408 e. The number of amides is 3. The van der Waals surface area contributed by atoms with Crippen molar-refractivity contribution >= 4 is 17.9 Å². The van der Waals surface area contributed by atoms with Crippen molar-refractivity contribution in [3.8, 4) is 12.3 Å². The van der Waals surface area contributed by atoms with Crippen LogP contribution in [-0.2, 0) is 14.3 Å². The molecule has 234 valence electrons. The second kappa shape index (κ2) is 17.8. The molecule has 1 aliphatic rings. The van der Waals surface area contributed by atoms with Gasteiger partial charge in [0.25, 0.3) is 0 Å². The minimum atomic E-state index is -0.908. The number of hydrogen-bond acceptors (Lipinski definition) is 4. The van der Waals surface area contributed by atoms with Crippen molar-refractivity contribution in [3.63, 3.8) is 0 Å². The Morgan fingerprint density at radius 1 is 1.02 bits per heavy atom. The zero-order valence-corrected chi connectivity index (χ0v) is 27.0. The van der Waals surface area contributed by atoms with Crippen molar-refractivity contribution in [3.05, 3.63) is 35.4 Å². The number of rotatable bonds is 15. The van der Waals surface area contributed by atoms with Crippen LogP contribution >= 0.6 is 0 Å². The van der Waals surface area contributed by atoms with Gasteiger partial charge in [0, 0.05) is 18.2 Å². The lowest BCUT2D eigenvalue weighted by Crippen LogP contribution is -2.56. The maximum Gasteiger partial charge on any atom is 0.408 e. The summed E-state index contributed by atoms with van der Waals surface area (Å²) in [6.45, 7) is 11.9. The van der Waals surface area contributed by atoms with E-state index >= 15 is 0 Å². The molecule has 0 aliphatic heterocycles. The summed E-state index contributed by atoms with van der Waals surface area (Å²) >= 11 is 0. The van der Waals surface area contributed by atoms with Gasteiger partial charge in [-0.15, -0.1) is 6.42 Å². The lowest BCUT2D eigenvalue weighted by atomic mass is 9.92. The van der Waals surface area contributed by atoms with Crippen LogP contribution in [0.15, 0.2) is 24.3 Å². The summed E-state index contributed by atoms with van der Waals surface area (Å²) in [5.74, 6) is 2.04. The van der Waals surface area contributed by atoms with E-state index in [0.29, 0.717) is 24.1 Å². The molecule has 7 nitrogen and oxygen atoms in total. The Hall–Kier alpha value is -3.01. The van der Waals surface area contributed by atoms with Crippen molar-refractivity contribution in [2.75, 3.05) is 6.54 Å². The van der Waals surface area contributed by atoms with E-state index in [1.807, 2.05) is 38.1 Å². The van der Waals surface area contributed by atoms with Gasteiger partial charge in [0.2, 0.25) is 11.8 Å². The number of benzene rings is 1. The lowest BCUT2D eigenvalue weighted by Gasteiger charge is -2.37. The number of nitrogens with zero attached hydrogens (tertiary/aromatic N) is 1. The molecule has 0 radical (unpaired) electrons. The van der Waals surface area contributed by atoms with Crippen LogP contribution in [0.4, 0.5) is 4.79 Å². The number of carbonyl (C=O) groups excluding carboxylic acids is 3. The van der Waals surface area contributed by atoms with E-state index in [2.05, 4.69) is 23.5 Å². The first-order chi connectivity index (χ1) is 20.0. The Morgan fingerprint density at radius 2 is 1.67 bits per heavy atom. The van der Waals surface area contributed by atoms with Crippen LogP contribution in [0.1, 0.15) is 136 Å². The summed E-state index contributed by atoms with van der Waals surface area (Å²) in [5.41, 5.74) is 0.509. The van der Waals surface area contributed by atoms with Crippen molar-refractivity contribution in [1.82, 2.24) is 15.5 Å². The highest BCUT2D eigenvalue weighted by Crippen LogP contribution is 2.29. The van der Waals surface area contributed by atoms with Gasteiger partial charge >= 0.3 is 6.09 Å². The van der Waals surface area contributed by atoms with Crippen molar-refractivity contribution < 1.29 is 19.1 Å². The second-order valence-electron chi connectivity index (χ2n) is 12.8. The molecule has 1 aromatic rings.